The summed E-state index contributed by atoms with van der Waals surface area (Å²) >= 11 is 2.94. The molecule has 1 aromatic heterocycles. The van der Waals surface area contributed by atoms with E-state index in [9.17, 15) is 9.18 Å². The third-order valence-electron chi connectivity index (χ3n) is 3.57. The maximum absolute atomic E-state index is 14.1. The van der Waals surface area contributed by atoms with Gasteiger partial charge in [-0.15, -0.1) is 23.1 Å². The minimum atomic E-state index is -0.454. The molecule has 3 aromatic rings. The summed E-state index contributed by atoms with van der Waals surface area (Å²) in [5.74, 6) is 0.713. The van der Waals surface area contributed by atoms with Crippen molar-refractivity contribution in [1.29, 1.82) is 0 Å². The Hall–Kier alpha value is -2.38. The quantitative estimate of drug-likeness (QED) is 0.540. The largest absolute Gasteiger partial charge is 0.497 e. The highest BCUT2D eigenvalue weighted by Gasteiger charge is 2.20. The van der Waals surface area contributed by atoms with E-state index >= 15 is 0 Å². The number of carbonyl (C=O) groups is 1. The third kappa shape index (κ3) is 4.23. The van der Waals surface area contributed by atoms with Gasteiger partial charge in [-0.1, -0.05) is 18.2 Å². The van der Waals surface area contributed by atoms with Crippen LogP contribution in [0.25, 0.3) is 0 Å². The second-order valence-electron chi connectivity index (χ2n) is 5.39. The minimum Gasteiger partial charge on any atom is -0.497 e. The Bertz CT molecular complexity index is 914. The van der Waals surface area contributed by atoms with Crippen LogP contribution in [-0.2, 0) is 10.5 Å². The van der Waals surface area contributed by atoms with Crippen molar-refractivity contribution in [3.05, 3.63) is 65.4 Å². The molecule has 0 saturated carbocycles. The SMILES string of the molecule is COc1cccc(SCc2csc(N(C(C)=O)c3ccccc3F)n2)c1. The number of benzene rings is 2. The number of carbonyl (C=O) groups excluding carboxylic acids is 1. The van der Waals surface area contributed by atoms with Crippen molar-refractivity contribution in [1.82, 2.24) is 4.98 Å². The van der Waals surface area contributed by atoms with E-state index in [0.29, 0.717) is 10.9 Å². The first-order valence-electron chi connectivity index (χ1n) is 7.85. The summed E-state index contributed by atoms with van der Waals surface area (Å²) in [6.07, 6.45) is 0. The molecular formula is C19H17FN2O2S2. The first-order valence-corrected chi connectivity index (χ1v) is 9.71. The number of para-hydroxylation sites is 1. The highest BCUT2D eigenvalue weighted by atomic mass is 32.2. The third-order valence-corrected chi connectivity index (χ3v) is 5.47. The van der Waals surface area contributed by atoms with Gasteiger partial charge in [0.2, 0.25) is 5.91 Å². The van der Waals surface area contributed by atoms with Gasteiger partial charge in [0, 0.05) is 23.0 Å². The summed E-state index contributed by atoms with van der Waals surface area (Å²) in [5.41, 5.74) is 1.04. The number of thiazole rings is 1. The van der Waals surface area contributed by atoms with Crippen LogP contribution in [-0.4, -0.2) is 18.0 Å². The van der Waals surface area contributed by atoms with E-state index in [0.717, 1.165) is 16.3 Å². The second kappa shape index (κ2) is 8.33. The summed E-state index contributed by atoms with van der Waals surface area (Å²) in [5, 5.41) is 2.35. The molecule has 0 unspecified atom stereocenters. The van der Waals surface area contributed by atoms with Gasteiger partial charge in [0.1, 0.15) is 11.6 Å². The standard InChI is InChI=1S/C19H17FN2O2S2/c1-13(23)22(18-9-4-3-8-17(18)20)19-21-14(12-26-19)11-25-16-7-5-6-15(10-16)24-2/h3-10,12H,11H2,1-2H3. The molecule has 2 aromatic carbocycles. The van der Waals surface area contributed by atoms with Gasteiger partial charge in [0.25, 0.3) is 0 Å². The van der Waals surface area contributed by atoms with Crippen LogP contribution in [0.15, 0.2) is 58.8 Å². The lowest BCUT2D eigenvalue weighted by molar-refractivity contribution is -0.115. The van der Waals surface area contributed by atoms with Crippen molar-refractivity contribution < 1.29 is 13.9 Å². The number of methoxy groups -OCH3 is 1. The van der Waals surface area contributed by atoms with Crippen molar-refractivity contribution >= 4 is 39.8 Å². The monoisotopic (exact) mass is 388 g/mol. The van der Waals surface area contributed by atoms with Crippen molar-refractivity contribution in [3.63, 3.8) is 0 Å². The van der Waals surface area contributed by atoms with Crippen LogP contribution in [0.5, 0.6) is 5.75 Å². The normalized spacial score (nSPS) is 10.6. The van der Waals surface area contributed by atoms with E-state index in [1.165, 1.54) is 29.2 Å². The second-order valence-corrected chi connectivity index (χ2v) is 7.28. The van der Waals surface area contributed by atoms with Crippen LogP contribution >= 0.6 is 23.1 Å². The lowest BCUT2D eigenvalue weighted by Gasteiger charge is -2.18. The topological polar surface area (TPSA) is 42.4 Å². The van der Waals surface area contributed by atoms with Gasteiger partial charge in [0.05, 0.1) is 18.5 Å². The number of hydrogen-bond acceptors (Lipinski definition) is 5. The van der Waals surface area contributed by atoms with Crippen molar-refractivity contribution in [2.45, 2.75) is 17.6 Å². The number of hydrogen-bond donors (Lipinski definition) is 0. The minimum absolute atomic E-state index is 0.210. The Kier molecular flexibility index (Phi) is 5.90. The molecule has 1 amide bonds. The number of ether oxygens (including phenoxy) is 1. The number of nitrogens with zero attached hydrogens (tertiary/aromatic N) is 2. The summed E-state index contributed by atoms with van der Waals surface area (Å²) in [7, 11) is 1.63. The number of thioether (sulfide) groups is 1. The molecule has 0 N–H and O–H groups in total. The zero-order valence-electron chi connectivity index (χ0n) is 14.3. The van der Waals surface area contributed by atoms with Gasteiger partial charge in [0.15, 0.2) is 5.13 Å². The molecule has 0 fully saturated rings. The molecule has 0 atom stereocenters. The summed E-state index contributed by atoms with van der Waals surface area (Å²) in [6.45, 7) is 1.40. The number of aromatic nitrogens is 1. The maximum Gasteiger partial charge on any atom is 0.230 e. The highest BCUT2D eigenvalue weighted by molar-refractivity contribution is 7.98. The highest BCUT2D eigenvalue weighted by Crippen LogP contribution is 2.33. The van der Waals surface area contributed by atoms with Gasteiger partial charge in [-0.05, 0) is 30.3 Å². The molecule has 0 radical (unpaired) electrons. The Morgan fingerprint density at radius 2 is 2.08 bits per heavy atom. The molecule has 3 rings (SSSR count). The van der Waals surface area contributed by atoms with Crippen LogP contribution in [0.2, 0.25) is 0 Å². The fraction of sp³-hybridized carbons (Fsp3) is 0.158. The summed E-state index contributed by atoms with van der Waals surface area (Å²) in [4.78, 5) is 18.9. The van der Waals surface area contributed by atoms with E-state index in [1.807, 2.05) is 29.6 Å². The van der Waals surface area contributed by atoms with Crippen molar-refractivity contribution in [3.8, 4) is 5.75 Å². The zero-order valence-corrected chi connectivity index (χ0v) is 15.9. The first kappa shape index (κ1) is 18.4. The number of halogens is 1. The number of anilines is 2. The van der Waals surface area contributed by atoms with Crippen molar-refractivity contribution in [2.75, 3.05) is 12.0 Å². The van der Waals surface area contributed by atoms with Crippen LogP contribution < -0.4 is 9.64 Å². The summed E-state index contributed by atoms with van der Waals surface area (Å²) in [6, 6.07) is 14.0. The molecule has 0 aliphatic carbocycles. The van der Waals surface area contributed by atoms with Gasteiger partial charge >= 0.3 is 0 Å². The fourth-order valence-electron chi connectivity index (χ4n) is 2.35. The van der Waals surface area contributed by atoms with Crippen LogP contribution in [0, 0.1) is 5.82 Å². The molecule has 0 aliphatic rings. The van der Waals surface area contributed by atoms with E-state index in [1.54, 1.807) is 37.1 Å². The predicted octanol–water partition coefficient (Wildman–Crippen LogP) is 5.27. The Morgan fingerprint density at radius 1 is 1.27 bits per heavy atom. The average molecular weight is 388 g/mol. The Labute approximate surface area is 159 Å². The van der Waals surface area contributed by atoms with Crippen molar-refractivity contribution in [2.24, 2.45) is 0 Å². The van der Waals surface area contributed by atoms with Gasteiger partial charge in [-0.25, -0.2) is 9.37 Å². The molecule has 7 heteroatoms. The molecule has 134 valence electrons. The summed E-state index contributed by atoms with van der Waals surface area (Å²) < 4.78 is 19.3. The fourth-order valence-corrected chi connectivity index (χ4v) is 4.18. The molecule has 1 heterocycles. The van der Waals surface area contributed by atoms with E-state index in [2.05, 4.69) is 4.98 Å². The van der Waals surface area contributed by atoms with E-state index in [-0.39, 0.29) is 11.6 Å². The lowest BCUT2D eigenvalue weighted by atomic mass is 10.3. The molecule has 0 bridgehead atoms. The number of rotatable bonds is 6. The average Bonchev–Trinajstić information content (AvgIpc) is 3.10. The molecule has 0 aliphatic heterocycles. The molecular weight excluding hydrogens is 371 g/mol. The van der Waals surface area contributed by atoms with Gasteiger partial charge < -0.3 is 4.74 Å². The van der Waals surface area contributed by atoms with Crippen LogP contribution in [0.3, 0.4) is 0 Å². The first-order chi connectivity index (χ1) is 12.6. The Balaban J connectivity index is 1.77. The molecule has 0 saturated heterocycles. The Morgan fingerprint density at radius 3 is 2.81 bits per heavy atom. The predicted molar refractivity (Wildman–Crippen MR) is 104 cm³/mol. The molecule has 0 spiro atoms. The maximum atomic E-state index is 14.1. The number of amides is 1. The van der Waals surface area contributed by atoms with Crippen LogP contribution in [0.1, 0.15) is 12.6 Å². The molecule has 26 heavy (non-hydrogen) atoms. The smallest absolute Gasteiger partial charge is 0.230 e. The van der Waals surface area contributed by atoms with Gasteiger partial charge in [-0.2, -0.15) is 0 Å². The molecule has 4 nitrogen and oxygen atoms in total. The zero-order chi connectivity index (χ0) is 18.5. The van der Waals surface area contributed by atoms with E-state index < -0.39 is 5.82 Å². The van der Waals surface area contributed by atoms with E-state index in [4.69, 9.17) is 4.74 Å². The van der Waals surface area contributed by atoms with Crippen LogP contribution in [0.4, 0.5) is 15.2 Å². The lowest BCUT2D eigenvalue weighted by Crippen LogP contribution is -2.23. The van der Waals surface area contributed by atoms with Gasteiger partial charge in [-0.3, -0.25) is 9.69 Å².